The molecule has 0 aliphatic heterocycles. The van der Waals surface area contributed by atoms with Crippen LogP contribution in [0.4, 0.5) is 0 Å². The minimum atomic E-state index is -1.06. The monoisotopic (exact) mass is 410 g/mol. The molecule has 1 saturated carbocycles. The third-order valence-electron chi connectivity index (χ3n) is 4.50. The van der Waals surface area contributed by atoms with E-state index in [1.165, 1.54) is 4.80 Å². The molecule has 7 nitrogen and oxygen atoms in total. The molecule has 0 spiro atoms. The zero-order valence-corrected chi connectivity index (χ0v) is 16.5. The van der Waals surface area contributed by atoms with E-state index in [0.29, 0.717) is 22.0 Å². The topological polar surface area (TPSA) is 86.1 Å². The highest BCUT2D eigenvalue weighted by Gasteiger charge is 2.32. The lowest BCUT2D eigenvalue weighted by Crippen LogP contribution is -2.33. The molecule has 1 aromatic heterocycles. The van der Waals surface area contributed by atoms with Gasteiger partial charge >= 0.3 is 5.97 Å². The zero-order valence-electron chi connectivity index (χ0n) is 15.7. The number of benzene rings is 2. The van der Waals surface area contributed by atoms with E-state index in [2.05, 4.69) is 15.5 Å². The molecule has 0 unspecified atom stereocenters. The molecule has 0 bridgehead atoms. The summed E-state index contributed by atoms with van der Waals surface area (Å²) in [6.45, 7) is 1.66. The molecule has 1 aliphatic rings. The lowest BCUT2D eigenvalue weighted by Gasteiger charge is -2.17. The number of hydrogen-bond acceptors (Lipinski definition) is 5. The fourth-order valence-electron chi connectivity index (χ4n) is 2.85. The number of esters is 1. The number of halogens is 1. The van der Waals surface area contributed by atoms with Crippen LogP contribution in [-0.2, 0) is 9.53 Å². The average Bonchev–Trinajstić information content (AvgIpc) is 3.44. The maximum atomic E-state index is 12.8. The lowest BCUT2D eigenvalue weighted by molar-refractivity contribution is -0.130. The van der Waals surface area contributed by atoms with Gasteiger partial charge in [0.25, 0.3) is 5.91 Å². The number of ether oxygens (including phenoxy) is 1. The fourth-order valence-corrected chi connectivity index (χ4v) is 3.04. The smallest absolute Gasteiger partial charge is 0.361 e. The number of aromatic nitrogens is 3. The van der Waals surface area contributed by atoms with Crippen LogP contribution in [0.25, 0.3) is 5.69 Å². The van der Waals surface area contributed by atoms with Crippen molar-refractivity contribution in [2.45, 2.75) is 31.9 Å². The van der Waals surface area contributed by atoms with Gasteiger partial charge in [-0.15, -0.1) is 5.10 Å². The van der Waals surface area contributed by atoms with Crippen molar-refractivity contribution in [1.29, 1.82) is 0 Å². The third kappa shape index (κ3) is 4.46. The van der Waals surface area contributed by atoms with Crippen LogP contribution in [0, 0.1) is 6.92 Å². The Morgan fingerprint density at radius 1 is 1.14 bits per heavy atom. The molecule has 1 atom stereocenters. The molecular formula is C21H19ClN4O3. The van der Waals surface area contributed by atoms with Crippen molar-refractivity contribution in [3.63, 3.8) is 0 Å². The SMILES string of the molecule is Cc1nn(-c2cccc(Cl)c2)nc1C(=O)O[C@H](C(=O)NC1CC1)c1ccccc1. The van der Waals surface area contributed by atoms with Crippen LogP contribution >= 0.6 is 11.6 Å². The first kappa shape index (κ1) is 19.1. The van der Waals surface area contributed by atoms with E-state index >= 15 is 0 Å². The molecule has 2 aromatic carbocycles. The van der Waals surface area contributed by atoms with Crippen molar-refractivity contribution >= 4 is 23.5 Å². The van der Waals surface area contributed by atoms with Crippen LogP contribution in [0.1, 0.15) is 40.7 Å². The first-order valence-electron chi connectivity index (χ1n) is 9.27. The summed E-state index contributed by atoms with van der Waals surface area (Å²) >= 11 is 6.02. The van der Waals surface area contributed by atoms with Crippen LogP contribution in [-0.4, -0.2) is 32.9 Å². The number of carbonyl (C=O) groups excluding carboxylic acids is 2. The molecule has 0 radical (unpaired) electrons. The van der Waals surface area contributed by atoms with Gasteiger partial charge < -0.3 is 10.1 Å². The first-order valence-corrected chi connectivity index (χ1v) is 9.65. The van der Waals surface area contributed by atoms with Gasteiger partial charge in [0, 0.05) is 16.6 Å². The van der Waals surface area contributed by atoms with Crippen LogP contribution in [0.3, 0.4) is 0 Å². The molecular weight excluding hydrogens is 392 g/mol. The largest absolute Gasteiger partial charge is 0.442 e. The molecule has 1 heterocycles. The molecule has 3 aromatic rings. The Morgan fingerprint density at radius 3 is 2.59 bits per heavy atom. The summed E-state index contributed by atoms with van der Waals surface area (Å²) in [6, 6.07) is 16.0. The summed E-state index contributed by atoms with van der Waals surface area (Å²) in [4.78, 5) is 26.8. The normalized spacial score (nSPS) is 14.3. The van der Waals surface area contributed by atoms with Crippen LogP contribution < -0.4 is 5.32 Å². The van der Waals surface area contributed by atoms with Gasteiger partial charge in [-0.1, -0.05) is 48.0 Å². The first-order chi connectivity index (χ1) is 14.0. The Kier molecular flexibility index (Phi) is 5.31. The summed E-state index contributed by atoms with van der Waals surface area (Å²) < 4.78 is 5.57. The minimum absolute atomic E-state index is 0.0464. The van der Waals surface area contributed by atoms with E-state index < -0.39 is 12.1 Å². The Balaban J connectivity index is 1.58. The highest BCUT2D eigenvalue weighted by atomic mass is 35.5. The number of nitrogens with zero attached hydrogens (tertiary/aromatic N) is 3. The highest BCUT2D eigenvalue weighted by Crippen LogP contribution is 2.24. The zero-order chi connectivity index (χ0) is 20.4. The summed E-state index contributed by atoms with van der Waals surface area (Å²) in [5.74, 6) is -1.05. The molecule has 8 heteroatoms. The second-order valence-electron chi connectivity index (χ2n) is 6.88. The Morgan fingerprint density at radius 2 is 1.90 bits per heavy atom. The Bertz CT molecular complexity index is 1050. The summed E-state index contributed by atoms with van der Waals surface area (Å²) in [7, 11) is 0. The molecule has 1 amide bonds. The highest BCUT2D eigenvalue weighted by molar-refractivity contribution is 6.30. The van der Waals surface area contributed by atoms with Crippen molar-refractivity contribution in [3.05, 3.63) is 76.6 Å². The quantitative estimate of drug-likeness (QED) is 0.629. The molecule has 148 valence electrons. The van der Waals surface area contributed by atoms with Gasteiger partial charge in [-0.05, 0) is 38.0 Å². The van der Waals surface area contributed by atoms with E-state index in [-0.39, 0.29) is 17.6 Å². The summed E-state index contributed by atoms with van der Waals surface area (Å²) in [5, 5.41) is 11.9. The van der Waals surface area contributed by atoms with Crippen LogP contribution in [0.5, 0.6) is 0 Å². The van der Waals surface area contributed by atoms with Crippen molar-refractivity contribution < 1.29 is 14.3 Å². The predicted octanol–water partition coefficient (Wildman–Crippen LogP) is 3.41. The van der Waals surface area contributed by atoms with E-state index in [0.717, 1.165) is 12.8 Å². The maximum Gasteiger partial charge on any atom is 0.361 e. The summed E-state index contributed by atoms with van der Waals surface area (Å²) in [6.07, 6.45) is 0.822. The predicted molar refractivity (Wildman–Crippen MR) is 107 cm³/mol. The average molecular weight is 411 g/mol. The van der Waals surface area contributed by atoms with Crippen molar-refractivity contribution in [2.24, 2.45) is 0 Å². The van der Waals surface area contributed by atoms with Crippen molar-refractivity contribution in [2.75, 3.05) is 0 Å². The molecule has 1 aliphatic carbocycles. The maximum absolute atomic E-state index is 12.8. The van der Waals surface area contributed by atoms with Gasteiger partial charge in [-0.25, -0.2) is 4.79 Å². The molecule has 29 heavy (non-hydrogen) atoms. The number of nitrogens with one attached hydrogen (secondary N) is 1. The van der Waals surface area contributed by atoms with E-state index in [9.17, 15) is 9.59 Å². The fraction of sp³-hybridized carbons (Fsp3) is 0.238. The molecule has 1 N–H and O–H groups in total. The number of amides is 1. The summed E-state index contributed by atoms with van der Waals surface area (Å²) in [5.41, 5.74) is 1.65. The lowest BCUT2D eigenvalue weighted by atomic mass is 10.1. The standard InChI is InChI=1S/C21H19ClN4O3/c1-13-18(25-26(24-13)17-9-5-8-15(22)12-17)21(28)29-19(14-6-3-2-4-7-14)20(27)23-16-10-11-16/h2-9,12,16,19H,10-11H2,1H3,(H,23,27)/t19-/m0/s1. The number of rotatable bonds is 6. The number of aryl methyl sites for hydroxylation is 1. The minimum Gasteiger partial charge on any atom is -0.442 e. The van der Waals surface area contributed by atoms with Gasteiger partial charge in [-0.2, -0.15) is 9.90 Å². The molecule has 4 rings (SSSR count). The van der Waals surface area contributed by atoms with Crippen molar-refractivity contribution in [1.82, 2.24) is 20.3 Å². The number of hydrogen-bond donors (Lipinski definition) is 1. The Hall–Kier alpha value is -3.19. The Labute approximate surface area is 172 Å². The molecule has 1 fully saturated rings. The number of carbonyl (C=O) groups is 2. The van der Waals surface area contributed by atoms with Gasteiger partial charge in [0.1, 0.15) is 0 Å². The second-order valence-corrected chi connectivity index (χ2v) is 7.32. The van der Waals surface area contributed by atoms with Gasteiger partial charge in [0.15, 0.2) is 5.69 Å². The van der Waals surface area contributed by atoms with E-state index in [1.807, 2.05) is 6.07 Å². The molecule has 0 saturated heterocycles. The second kappa shape index (κ2) is 8.05. The van der Waals surface area contributed by atoms with Crippen LogP contribution in [0.15, 0.2) is 54.6 Å². The third-order valence-corrected chi connectivity index (χ3v) is 4.74. The van der Waals surface area contributed by atoms with E-state index in [1.54, 1.807) is 55.5 Å². The van der Waals surface area contributed by atoms with Gasteiger partial charge in [-0.3, -0.25) is 4.79 Å². The van der Waals surface area contributed by atoms with Gasteiger partial charge in [0.2, 0.25) is 6.10 Å². The van der Waals surface area contributed by atoms with Crippen LogP contribution in [0.2, 0.25) is 5.02 Å². The van der Waals surface area contributed by atoms with E-state index in [4.69, 9.17) is 16.3 Å². The van der Waals surface area contributed by atoms with Crippen molar-refractivity contribution in [3.8, 4) is 5.69 Å². The van der Waals surface area contributed by atoms with Gasteiger partial charge in [0.05, 0.1) is 11.4 Å².